The highest BCUT2D eigenvalue weighted by atomic mass is 35.5. The molecule has 1 amide bonds. The minimum Gasteiger partial charge on any atom is -0.493 e. The van der Waals surface area contributed by atoms with E-state index in [0.29, 0.717) is 29.6 Å². The molecule has 25 heavy (non-hydrogen) atoms. The molecule has 0 heterocycles. The fraction of sp³-hybridized carbons (Fsp3) is 0.316. The lowest BCUT2D eigenvalue weighted by Crippen LogP contribution is -3.08. The number of nitrogens with one attached hydrogen (secondary N) is 2. The largest absolute Gasteiger partial charge is 0.493 e. The number of carbonyl (C=O) groups excluding carboxylic acids is 1. The quantitative estimate of drug-likeness (QED) is 0.793. The molecule has 2 aromatic carbocycles. The van der Waals surface area contributed by atoms with Crippen LogP contribution in [0.2, 0.25) is 5.02 Å². The molecule has 0 aliphatic rings. The van der Waals surface area contributed by atoms with Crippen LogP contribution in [0.3, 0.4) is 0 Å². The molecule has 1 unspecified atom stereocenters. The maximum Gasteiger partial charge on any atom is 0.279 e. The Bertz CT molecular complexity index is 749. The van der Waals surface area contributed by atoms with E-state index in [-0.39, 0.29) is 5.91 Å². The van der Waals surface area contributed by atoms with Crippen LogP contribution in [0.5, 0.6) is 11.5 Å². The first-order valence-electron chi connectivity index (χ1n) is 8.01. The van der Waals surface area contributed by atoms with Crippen LogP contribution in [0.1, 0.15) is 11.1 Å². The van der Waals surface area contributed by atoms with Crippen LogP contribution in [0, 0.1) is 6.92 Å². The second kappa shape index (κ2) is 8.74. The third-order valence-corrected chi connectivity index (χ3v) is 4.37. The third kappa shape index (κ3) is 5.11. The van der Waals surface area contributed by atoms with Crippen molar-refractivity contribution >= 4 is 23.2 Å². The van der Waals surface area contributed by atoms with Gasteiger partial charge in [-0.25, -0.2) is 0 Å². The summed E-state index contributed by atoms with van der Waals surface area (Å²) >= 11 is 6.09. The van der Waals surface area contributed by atoms with Gasteiger partial charge < -0.3 is 19.7 Å². The summed E-state index contributed by atoms with van der Waals surface area (Å²) in [5.74, 6) is 1.33. The lowest BCUT2D eigenvalue weighted by atomic mass is 10.2. The number of likely N-dealkylation sites (N-methyl/N-ethyl adjacent to an activating group) is 1. The summed E-state index contributed by atoms with van der Waals surface area (Å²) in [5.41, 5.74) is 2.69. The summed E-state index contributed by atoms with van der Waals surface area (Å²) in [4.78, 5) is 13.3. The summed E-state index contributed by atoms with van der Waals surface area (Å²) in [6, 6.07) is 11.3. The molecule has 0 saturated carbocycles. The van der Waals surface area contributed by atoms with Gasteiger partial charge in [-0.3, -0.25) is 4.79 Å². The van der Waals surface area contributed by atoms with Crippen molar-refractivity contribution in [1.29, 1.82) is 0 Å². The Kier molecular flexibility index (Phi) is 6.67. The van der Waals surface area contributed by atoms with Crippen LogP contribution in [0.15, 0.2) is 36.4 Å². The van der Waals surface area contributed by atoms with Crippen molar-refractivity contribution in [3.63, 3.8) is 0 Å². The Hall–Kier alpha value is -2.24. The van der Waals surface area contributed by atoms with Crippen LogP contribution in [-0.2, 0) is 11.3 Å². The number of benzene rings is 2. The molecule has 0 radical (unpaired) electrons. The molecule has 1 atom stereocenters. The van der Waals surface area contributed by atoms with Gasteiger partial charge in [0, 0.05) is 16.3 Å². The highest BCUT2D eigenvalue weighted by Crippen LogP contribution is 2.27. The van der Waals surface area contributed by atoms with Gasteiger partial charge in [-0.1, -0.05) is 17.7 Å². The predicted octanol–water partition coefficient (Wildman–Crippen LogP) is 2.32. The zero-order valence-electron chi connectivity index (χ0n) is 15.0. The van der Waals surface area contributed by atoms with E-state index in [1.54, 1.807) is 20.3 Å². The molecular weight excluding hydrogens is 340 g/mol. The van der Waals surface area contributed by atoms with Crippen LogP contribution in [0.25, 0.3) is 0 Å². The van der Waals surface area contributed by atoms with Crippen molar-refractivity contribution in [1.82, 2.24) is 0 Å². The highest BCUT2D eigenvalue weighted by molar-refractivity contribution is 6.31. The van der Waals surface area contributed by atoms with Gasteiger partial charge in [0.15, 0.2) is 18.0 Å². The van der Waals surface area contributed by atoms with E-state index in [9.17, 15) is 4.79 Å². The van der Waals surface area contributed by atoms with Gasteiger partial charge >= 0.3 is 0 Å². The van der Waals surface area contributed by atoms with Crippen LogP contribution < -0.4 is 19.7 Å². The Morgan fingerprint density at radius 1 is 1.16 bits per heavy atom. The molecule has 134 valence electrons. The lowest BCUT2D eigenvalue weighted by molar-refractivity contribution is -0.885. The van der Waals surface area contributed by atoms with Crippen molar-refractivity contribution in [3.05, 3.63) is 52.5 Å². The Balaban J connectivity index is 1.96. The number of carbonyl (C=O) groups is 1. The van der Waals surface area contributed by atoms with Crippen LogP contribution >= 0.6 is 11.6 Å². The van der Waals surface area contributed by atoms with E-state index in [1.165, 1.54) is 0 Å². The van der Waals surface area contributed by atoms with Crippen LogP contribution in [0.4, 0.5) is 5.69 Å². The maximum absolute atomic E-state index is 12.3. The van der Waals surface area contributed by atoms with E-state index < -0.39 is 0 Å². The van der Waals surface area contributed by atoms with Crippen molar-refractivity contribution in [2.75, 3.05) is 33.1 Å². The molecule has 0 aliphatic carbocycles. The number of ether oxygens (including phenoxy) is 2. The zero-order chi connectivity index (χ0) is 18.4. The first kappa shape index (κ1) is 19.1. The van der Waals surface area contributed by atoms with E-state index >= 15 is 0 Å². The average Bonchev–Trinajstić information content (AvgIpc) is 2.58. The Morgan fingerprint density at radius 2 is 1.88 bits per heavy atom. The highest BCUT2D eigenvalue weighted by Gasteiger charge is 2.14. The number of hydrogen-bond acceptors (Lipinski definition) is 3. The minimum absolute atomic E-state index is 0.0525. The summed E-state index contributed by atoms with van der Waals surface area (Å²) in [7, 11) is 5.19. The van der Waals surface area contributed by atoms with E-state index in [1.807, 2.05) is 44.3 Å². The van der Waals surface area contributed by atoms with Crippen molar-refractivity contribution in [3.8, 4) is 11.5 Å². The SMILES string of the molecule is COc1ccc(C[NH+](C)CC(=O)Nc2cccc(Cl)c2C)cc1OC. The smallest absolute Gasteiger partial charge is 0.279 e. The number of quaternary nitrogens is 1. The second-order valence-corrected chi connectivity index (χ2v) is 6.37. The normalized spacial score (nSPS) is 11.7. The summed E-state index contributed by atoms with van der Waals surface area (Å²) < 4.78 is 10.6. The Morgan fingerprint density at radius 3 is 2.56 bits per heavy atom. The van der Waals surface area contributed by atoms with Gasteiger partial charge in [-0.15, -0.1) is 0 Å². The van der Waals surface area contributed by atoms with E-state index in [2.05, 4.69) is 5.32 Å². The first-order chi connectivity index (χ1) is 11.9. The van der Waals surface area contributed by atoms with Crippen molar-refractivity contribution in [2.45, 2.75) is 13.5 Å². The molecule has 0 spiro atoms. The third-order valence-electron chi connectivity index (χ3n) is 3.96. The molecule has 0 saturated heterocycles. The average molecular weight is 364 g/mol. The number of rotatable bonds is 7. The van der Waals surface area contributed by atoms with Gasteiger partial charge in [0.1, 0.15) is 6.54 Å². The lowest BCUT2D eigenvalue weighted by Gasteiger charge is -2.16. The standard InChI is InChI=1S/C19H23ClN2O3/c1-13-15(20)6-5-7-16(13)21-19(23)12-22(2)11-14-8-9-17(24-3)18(10-14)25-4/h5-10H,11-12H2,1-4H3,(H,21,23)/p+1. The van der Waals surface area contributed by atoms with Crippen LogP contribution in [-0.4, -0.2) is 33.7 Å². The van der Waals surface area contributed by atoms with Crippen molar-refractivity contribution in [2.24, 2.45) is 0 Å². The van der Waals surface area contributed by atoms with Gasteiger partial charge in [0.25, 0.3) is 5.91 Å². The molecule has 6 heteroatoms. The van der Waals surface area contributed by atoms with E-state index in [4.69, 9.17) is 21.1 Å². The molecule has 2 aromatic rings. The maximum atomic E-state index is 12.3. The number of methoxy groups -OCH3 is 2. The van der Waals surface area contributed by atoms with Gasteiger partial charge in [-0.05, 0) is 42.8 Å². The van der Waals surface area contributed by atoms with Gasteiger partial charge in [-0.2, -0.15) is 0 Å². The fourth-order valence-corrected chi connectivity index (χ4v) is 2.79. The predicted molar refractivity (Wildman–Crippen MR) is 99.8 cm³/mol. The number of hydrogen-bond donors (Lipinski definition) is 2. The van der Waals surface area contributed by atoms with Gasteiger partial charge in [0.2, 0.25) is 0 Å². The summed E-state index contributed by atoms with van der Waals surface area (Å²) in [6.45, 7) is 2.93. The number of anilines is 1. The second-order valence-electron chi connectivity index (χ2n) is 5.96. The molecule has 2 N–H and O–H groups in total. The van der Waals surface area contributed by atoms with Gasteiger partial charge in [0.05, 0.1) is 21.3 Å². The fourth-order valence-electron chi connectivity index (χ4n) is 2.61. The summed E-state index contributed by atoms with van der Waals surface area (Å²) in [6.07, 6.45) is 0. The number of halogens is 1. The minimum atomic E-state index is -0.0525. The molecule has 0 aliphatic heterocycles. The molecule has 5 nitrogen and oxygen atoms in total. The molecule has 0 aromatic heterocycles. The number of amides is 1. The van der Waals surface area contributed by atoms with Crippen molar-refractivity contribution < 1.29 is 19.2 Å². The molecular formula is C19H24ClN2O3+. The monoisotopic (exact) mass is 363 g/mol. The zero-order valence-corrected chi connectivity index (χ0v) is 15.7. The molecule has 0 fully saturated rings. The first-order valence-corrected chi connectivity index (χ1v) is 8.39. The van der Waals surface area contributed by atoms with E-state index in [0.717, 1.165) is 21.7 Å². The summed E-state index contributed by atoms with van der Waals surface area (Å²) in [5, 5.41) is 3.56. The topological polar surface area (TPSA) is 52.0 Å². The molecule has 2 rings (SSSR count). The Labute approximate surface area is 153 Å². The molecule has 0 bridgehead atoms.